The Morgan fingerprint density at radius 3 is 2.93 bits per heavy atom. The van der Waals surface area contributed by atoms with E-state index in [4.69, 9.17) is 15.6 Å². The van der Waals surface area contributed by atoms with Crippen molar-refractivity contribution in [3.63, 3.8) is 0 Å². The third-order valence-corrected chi connectivity index (χ3v) is 6.03. The molecule has 0 saturated heterocycles. The molecule has 0 fully saturated rings. The fourth-order valence-electron chi connectivity index (χ4n) is 2.68. The quantitative estimate of drug-likeness (QED) is 0.495. The molecule has 0 atom stereocenters. The minimum atomic E-state index is -0.783. The second-order valence-electron chi connectivity index (χ2n) is 5.86. The zero-order chi connectivity index (χ0) is 19.4. The number of aromatic nitrogens is 3. The number of fused-ring (bicyclic) bond motifs is 1. The number of aliphatic carboxylic acids is 1. The van der Waals surface area contributed by atoms with Crippen LogP contribution in [0.1, 0.15) is 19.3 Å². The van der Waals surface area contributed by atoms with Gasteiger partial charge in [0, 0.05) is 28.5 Å². The van der Waals surface area contributed by atoms with Gasteiger partial charge in [0.25, 0.3) is 0 Å². The van der Waals surface area contributed by atoms with Crippen LogP contribution in [-0.4, -0.2) is 32.7 Å². The first-order valence-corrected chi connectivity index (χ1v) is 9.94. The van der Waals surface area contributed by atoms with E-state index in [1.54, 1.807) is 13.3 Å². The molecule has 0 aliphatic carbocycles. The molecule has 9 heteroatoms. The van der Waals surface area contributed by atoms with Gasteiger partial charge in [-0.1, -0.05) is 11.8 Å². The molecule has 0 saturated carbocycles. The van der Waals surface area contributed by atoms with Crippen LogP contribution in [0.4, 0.5) is 5.82 Å². The van der Waals surface area contributed by atoms with Gasteiger partial charge < -0.3 is 20.1 Å². The number of methoxy groups -OCH3 is 1. The number of rotatable bonds is 8. The van der Waals surface area contributed by atoms with E-state index >= 15 is 0 Å². The summed E-state index contributed by atoms with van der Waals surface area (Å²) >= 11 is 5.06. The topological polar surface area (TPSA) is 103 Å². The van der Waals surface area contributed by atoms with Crippen LogP contribution in [0.3, 0.4) is 0 Å². The van der Waals surface area contributed by atoms with Crippen molar-refractivity contribution in [3.8, 4) is 5.75 Å². The molecule has 0 unspecified atom stereocenters. The maximum absolute atomic E-state index is 10.8. The number of halogens is 1. The largest absolute Gasteiger partial charge is 0.497 e. The van der Waals surface area contributed by atoms with Crippen LogP contribution in [-0.2, 0) is 11.3 Å². The van der Waals surface area contributed by atoms with E-state index in [0.717, 1.165) is 32.2 Å². The van der Waals surface area contributed by atoms with E-state index in [2.05, 4.69) is 30.5 Å². The van der Waals surface area contributed by atoms with E-state index in [0.29, 0.717) is 24.3 Å². The number of nitrogen functional groups attached to an aromatic ring is 1. The molecular formula is C18H19BrN4O3S. The highest BCUT2D eigenvalue weighted by atomic mass is 79.9. The predicted molar refractivity (Wildman–Crippen MR) is 108 cm³/mol. The number of benzene rings is 1. The van der Waals surface area contributed by atoms with Gasteiger partial charge in [0.2, 0.25) is 0 Å². The number of nitrogens with two attached hydrogens (primary N) is 1. The standard InChI is InChI=1S/C18H19BrN4O3S/c1-26-11-5-6-12(19)14(10-11)27-18-22-16-13(7-8-21-17(16)20)23(18)9-3-2-4-15(24)25/h5-8,10H,2-4,9H2,1H3,(H2,20,21)(H,24,25). The second kappa shape index (κ2) is 8.62. The maximum atomic E-state index is 10.8. The highest BCUT2D eigenvalue weighted by Crippen LogP contribution is 2.37. The summed E-state index contributed by atoms with van der Waals surface area (Å²) < 4.78 is 8.31. The highest BCUT2D eigenvalue weighted by Gasteiger charge is 2.16. The lowest BCUT2D eigenvalue weighted by atomic mass is 10.2. The van der Waals surface area contributed by atoms with Crippen LogP contribution < -0.4 is 10.5 Å². The lowest BCUT2D eigenvalue weighted by Gasteiger charge is -2.10. The van der Waals surface area contributed by atoms with Crippen LogP contribution >= 0.6 is 27.7 Å². The van der Waals surface area contributed by atoms with Crippen molar-refractivity contribution < 1.29 is 14.6 Å². The molecule has 0 amide bonds. The number of carboxylic acids is 1. The summed E-state index contributed by atoms with van der Waals surface area (Å²) in [7, 11) is 1.63. The van der Waals surface area contributed by atoms with Gasteiger partial charge >= 0.3 is 5.97 Å². The summed E-state index contributed by atoms with van der Waals surface area (Å²) in [5, 5.41) is 9.62. The Morgan fingerprint density at radius 1 is 1.37 bits per heavy atom. The number of ether oxygens (including phenoxy) is 1. The van der Waals surface area contributed by atoms with Crippen LogP contribution in [0.5, 0.6) is 5.75 Å². The number of hydrogen-bond acceptors (Lipinski definition) is 6. The number of carboxylic acid groups (broad SMARTS) is 1. The van der Waals surface area contributed by atoms with Crippen molar-refractivity contribution in [2.24, 2.45) is 0 Å². The Labute approximate surface area is 169 Å². The normalized spacial score (nSPS) is 11.0. The van der Waals surface area contributed by atoms with Crippen molar-refractivity contribution in [2.45, 2.75) is 35.9 Å². The Bertz CT molecular complexity index is 977. The lowest BCUT2D eigenvalue weighted by molar-refractivity contribution is -0.137. The number of pyridine rings is 1. The van der Waals surface area contributed by atoms with Gasteiger partial charge in [0.05, 0.1) is 12.6 Å². The molecule has 0 spiro atoms. The van der Waals surface area contributed by atoms with E-state index < -0.39 is 5.97 Å². The van der Waals surface area contributed by atoms with Crippen molar-refractivity contribution in [2.75, 3.05) is 12.8 Å². The van der Waals surface area contributed by atoms with Gasteiger partial charge in [-0.2, -0.15) is 0 Å². The van der Waals surface area contributed by atoms with Gasteiger partial charge in [0.1, 0.15) is 11.3 Å². The van der Waals surface area contributed by atoms with Crippen LogP contribution in [0.2, 0.25) is 0 Å². The number of hydrogen-bond donors (Lipinski definition) is 2. The molecular weight excluding hydrogens is 432 g/mol. The third kappa shape index (κ3) is 4.54. The van der Waals surface area contributed by atoms with Crippen LogP contribution in [0, 0.1) is 0 Å². The number of imidazole rings is 1. The van der Waals surface area contributed by atoms with Gasteiger partial charge in [-0.3, -0.25) is 4.79 Å². The minimum Gasteiger partial charge on any atom is -0.497 e. The molecule has 2 aromatic heterocycles. The number of aryl methyl sites for hydroxylation is 1. The van der Waals surface area contributed by atoms with E-state index in [1.807, 2.05) is 24.3 Å². The first-order valence-electron chi connectivity index (χ1n) is 8.33. The predicted octanol–water partition coefficient (Wildman–Crippen LogP) is 4.19. The summed E-state index contributed by atoms with van der Waals surface area (Å²) in [6.45, 7) is 0.650. The molecule has 3 rings (SSSR count). The summed E-state index contributed by atoms with van der Waals surface area (Å²) in [5.74, 6) is 0.350. The summed E-state index contributed by atoms with van der Waals surface area (Å²) in [4.78, 5) is 20.5. The van der Waals surface area contributed by atoms with E-state index in [-0.39, 0.29) is 6.42 Å². The van der Waals surface area contributed by atoms with Gasteiger partial charge in [0.15, 0.2) is 11.0 Å². The SMILES string of the molecule is COc1ccc(Br)c(Sc2nc3c(N)nccc3n2CCCCC(=O)O)c1. The Morgan fingerprint density at radius 2 is 2.19 bits per heavy atom. The lowest BCUT2D eigenvalue weighted by Crippen LogP contribution is -2.02. The van der Waals surface area contributed by atoms with Crippen molar-refractivity contribution >= 4 is 50.5 Å². The molecule has 0 aliphatic rings. The fraction of sp³-hybridized carbons (Fsp3) is 0.278. The van der Waals surface area contributed by atoms with Gasteiger partial charge in [-0.15, -0.1) is 0 Å². The van der Waals surface area contributed by atoms with E-state index in [1.165, 1.54) is 11.8 Å². The molecule has 142 valence electrons. The number of nitrogens with zero attached hydrogens (tertiary/aromatic N) is 3. The molecule has 0 radical (unpaired) electrons. The smallest absolute Gasteiger partial charge is 0.303 e. The minimum absolute atomic E-state index is 0.153. The molecule has 7 nitrogen and oxygen atoms in total. The highest BCUT2D eigenvalue weighted by molar-refractivity contribution is 9.10. The average molecular weight is 451 g/mol. The molecule has 27 heavy (non-hydrogen) atoms. The Kier molecular flexibility index (Phi) is 6.22. The van der Waals surface area contributed by atoms with Gasteiger partial charge in [-0.05, 0) is 53.0 Å². The molecule has 2 heterocycles. The summed E-state index contributed by atoms with van der Waals surface area (Å²) in [6, 6.07) is 7.62. The van der Waals surface area contributed by atoms with Crippen LogP contribution in [0.25, 0.3) is 11.0 Å². The molecule has 0 aliphatic heterocycles. The molecule has 3 aromatic rings. The monoisotopic (exact) mass is 450 g/mol. The molecule has 3 N–H and O–H groups in total. The number of unbranched alkanes of at least 4 members (excludes halogenated alkanes) is 1. The maximum Gasteiger partial charge on any atom is 0.303 e. The first-order chi connectivity index (χ1) is 13.0. The zero-order valence-electron chi connectivity index (χ0n) is 14.7. The number of carbonyl (C=O) groups is 1. The Hall–Kier alpha value is -2.26. The van der Waals surface area contributed by atoms with Crippen molar-refractivity contribution in [1.82, 2.24) is 14.5 Å². The average Bonchev–Trinajstić information content (AvgIpc) is 2.99. The Balaban J connectivity index is 1.95. The first kappa shape index (κ1) is 19.5. The van der Waals surface area contributed by atoms with Gasteiger partial charge in [-0.25, -0.2) is 9.97 Å². The summed E-state index contributed by atoms with van der Waals surface area (Å²) in [6.07, 6.45) is 3.14. The molecule has 1 aromatic carbocycles. The van der Waals surface area contributed by atoms with Crippen LogP contribution in [0.15, 0.2) is 45.0 Å². The third-order valence-electron chi connectivity index (χ3n) is 4.02. The fourth-order valence-corrected chi connectivity index (χ4v) is 4.14. The number of anilines is 1. The zero-order valence-corrected chi connectivity index (χ0v) is 17.1. The van der Waals surface area contributed by atoms with Crippen molar-refractivity contribution in [3.05, 3.63) is 34.9 Å². The van der Waals surface area contributed by atoms with E-state index in [9.17, 15) is 4.79 Å². The molecule has 0 bridgehead atoms. The van der Waals surface area contributed by atoms with Crippen molar-refractivity contribution in [1.29, 1.82) is 0 Å². The second-order valence-corrected chi connectivity index (χ2v) is 7.72. The summed E-state index contributed by atoms with van der Waals surface area (Å²) in [5.41, 5.74) is 7.54.